The van der Waals surface area contributed by atoms with Crippen molar-refractivity contribution in [3.05, 3.63) is 0 Å². The largest absolute Gasteiger partial charge is 0.471 e. The molecule has 0 aliphatic carbocycles. The number of aliphatic hydroxyl groups excluding tert-OH is 1. The van der Waals surface area contributed by atoms with Crippen molar-refractivity contribution in [2.75, 3.05) is 33.4 Å². The maximum atomic E-state index is 11.2. The molecule has 0 spiro atoms. The number of hydrogen-bond donors (Lipinski definition) is 3. The number of phosphoric ester groups is 1. The Hall–Kier alpha value is 0.0300. The molecular weight excluding hydrogens is 233 g/mol. The SMILES string of the molecule is COP(=O)(O)OC[C@]1(C)CNC[C@]1(C)CO. The molecule has 16 heavy (non-hydrogen) atoms. The van der Waals surface area contributed by atoms with Crippen LogP contribution in [0.15, 0.2) is 0 Å². The molecule has 1 fully saturated rings. The Labute approximate surface area is 95.6 Å². The normalized spacial score (nSPS) is 38.6. The Morgan fingerprint density at radius 2 is 1.94 bits per heavy atom. The lowest BCUT2D eigenvalue weighted by atomic mass is 9.69. The molecule has 7 heteroatoms. The van der Waals surface area contributed by atoms with Gasteiger partial charge in [0.2, 0.25) is 0 Å². The highest BCUT2D eigenvalue weighted by molar-refractivity contribution is 7.47. The van der Waals surface area contributed by atoms with Gasteiger partial charge >= 0.3 is 7.82 Å². The van der Waals surface area contributed by atoms with Crippen LogP contribution in [0.5, 0.6) is 0 Å². The van der Waals surface area contributed by atoms with Gasteiger partial charge in [-0.1, -0.05) is 13.8 Å². The van der Waals surface area contributed by atoms with Crippen molar-refractivity contribution in [3.8, 4) is 0 Å². The lowest BCUT2D eigenvalue weighted by molar-refractivity contribution is 0.00703. The average Bonchev–Trinajstić information content (AvgIpc) is 2.54. The minimum Gasteiger partial charge on any atom is -0.396 e. The standard InChI is InChI=1S/C9H20NO5P/c1-8(6-11)4-10-5-9(8,2)7-15-16(12,13)14-3/h10-11H,4-7H2,1-3H3,(H,12,13)/t8-,9+/m1/s1. The molecule has 0 bridgehead atoms. The minimum atomic E-state index is -3.94. The summed E-state index contributed by atoms with van der Waals surface area (Å²) in [7, 11) is -2.82. The first kappa shape index (κ1) is 14.1. The molecule has 0 aromatic heterocycles. The summed E-state index contributed by atoms with van der Waals surface area (Å²) in [6, 6.07) is 0. The molecule has 1 aliphatic heterocycles. The number of phosphoric acid groups is 1. The van der Waals surface area contributed by atoms with Gasteiger partial charge < -0.3 is 15.3 Å². The summed E-state index contributed by atoms with van der Waals surface area (Å²) in [5.74, 6) is 0. The van der Waals surface area contributed by atoms with Crippen molar-refractivity contribution >= 4 is 7.82 Å². The van der Waals surface area contributed by atoms with Crippen LogP contribution < -0.4 is 5.32 Å². The van der Waals surface area contributed by atoms with Crippen LogP contribution in [0.25, 0.3) is 0 Å². The molecule has 1 heterocycles. The minimum absolute atomic E-state index is 0.00255. The van der Waals surface area contributed by atoms with Crippen LogP contribution >= 0.6 is 7.82 Å². The molecule has 1 rings (SSSR count). The highest BCUT2D eigenvalue weighted by Crippen LogP contribution is 2.48. The predicted molar refractivity (Wildman–Crippen MR) is 59.0 cm³/mol. The molecule has 1 saturated heterocycles. The molecule has 3 N–H and O–H groups in total. The summed E-state index contributed by atoms with van der Waals surface area (Å²) in [6.45, 7) is 5.20. The number of nitrogens with one attached hydrogen (secondary N) is 1. The highest BCUT2D eigenvalue weighted by Gasteiger charge is 2.49. The molecule has 0 aromatic carbocycles. The first-order chi connectivity index (χ1) is 7.29. The van der Waals surface area contributed by atoms with Crippen LogP contribution in [0.2, 0.25) is 0 Å². The average molecular weight is 253 g/mol. The Kier molecular flexibility index (Phi) is 4.16. The van der Waals surface area contributed by atoms with Crippen molar-refractivity contribution < 1.29 is 23.6 Å². The number of rotatable bonds is 5. The second-order valence-corrected chi connectivity index (χ2v) is 6.37. The van der Waals surface area contributed by atoms with E-state index in [0.29, 0.717) is 13.1 Å². The fourth-order valence-corrected chi connectivity index (χ4v) is 2.34. The second-order valence-electron chi connectivity index (χ2n) is 4.81. The third-order valence-electron chi connectivity index (χ3n) is 3.61. The van der Waals surface area contributed by atoms with Gasteiger partial charge in [0.25, 0.3) is 0 Å². The van der Waals surface area contributed by atoms with Gasteiger partial charge in [0, 0.05) is 31.0 Å². The summed E-state index contributed by atoms with van der Waals surface area (Å²) < 4.78 is 20.5. The Bertz CT molecular complexity index is 300. The molecular formula is C9H20NO5P. The van der Waals surface area contributed by atoms with Gasteiger partial charge in [-0.25, -0.2) is 4.57 Å². The lowest BCUT2D eigenvalue weighted by Crippen LogP contribution is -2.42. The number of hydrogen-bond acceptors (Lipinski definition) is 5. The van der Waals surface area contributed by atoms with Gasteiger partial charge in [0.1, 0.15) is 0 Å². The molecule has 1 aliphatic rings. The van der Waals surface area contributed by atoms with Crippen LogP contribution in [0.1, 0.15) is 13.8 Å². The third-order valence-corrected chi connectivity index (χ3v) is 4.53. The van der Waals surface area contributed by atoms with Crippen molar-refractivity contribution in [1.29, 1.82) is 0 Å². The molecule has 0 amide bonds. The van der Waals surface area contributed by atoms with E-state index in [-0.39, 0.29) is 18.6 Å². The molecule has 0 saturated carbocycles. The van der Waals surface area contributed by atoms with Gasteiger partial charge in [-0.15, -0.1) is 0 Å². The van der Waals surface area contributed by atoms with Crippen LogP contribution in [-0.2, 0) is 13.6 Å². The van der Waals surface area contributed by atoms with Crippen LogP contribution in [0, 0.1) is 10.8 Å². The van der Waals surface area contributed by atoms with Gasteiger partial charge in [-0.05, 0) is 0 Å². The summed E-state index contributed by atoms with van der Waals surface area (Å²) in [6.07, 6.45) is 0. The Morgan fingerprint density at radius 3 is 2.44 bits per heavy atom. The van der Waals surface area contributed by atoms with Crippen molar-refractivity contribution in [2.24, 2.45) is 10.8 Å². The predicted octanol–water partition coefficient (Wildman–Crippen LogP) is 0.358. The Balaban J connectivity index is 2.68. The van der Waals surface area contributed by atoms with Crippen molar-refractivity contribution in [3.63, 3.8) is 0 Å². The molecule has 1 unspecified atom stereocenters. The highest BCUT2D eigenvalue weighted by atomic mass is 31.2. The maximum Gasteiger partial charge on any atom is 0.471 e. The first-order valence-corrected chi connectivity index (χ1v) is 6.63. The van der Waals surface area contributed by atoms with E-state index in [1.807, 2.05) is 13.8 Å². The third kappa shape index (κ3) is 2.64. The van der Waals surface area contributed by atoms with E-state index < -0.39 is 13.2 Å². The molecule has 3 atom stereocenters. The fraction of sp³-hybridized carbons (Fsp3) is 1.00. The summed E-state index contributed by atoms with van der Waals surface area (Å²) in [5, 5.41) is 12.5. The zero-order chi connectivity index (χ0) is 12.4. The van der Waals surface area contributed by atoms with E-state index >= 15 is 0 Å². The van der Waals surface area contributed by atoms with Crippen molar-refractivity contribution in [1.82, 2.24) is 5.32 Å². The lowest BCUT2D eigenvalue weighted by Gasteiger charge is -2.38. The maximum absolute atomic E-state index is 11.2. The smallest absolute Gasteiger partial charge is 0.396 e. The molecule has 0 aromatic rings. The quantitative estimate of drug-likeness (QED) is 0.613. The van der Waals surface area contributed by atoms with Crippen molar-refractivity contribution in [2.45, 2.75) is 13.8 Å². The van der Waals surface area contributed by atoms with Gasteiger partial charge in [-0.3, -0.25) is 9.05 Å². The topological polar surface area (TPSA) is 88.0 Å². The van der Waals surface area contributed by atoms with E-state index in [1.165, 1.54) is 0 Å². The Morgan fingerprint density at radius 1 is 1.38 bits per heavy atom. The summed E-state index contributed by atoms with van der Waals surface area (Å²) in [4.78, 5) is 9.17. The fourth-order valence-electron chi connectivity index (χ4n) is 1.79. The van der Waals surface area contributed by atoms with Gasteiger partial charge in [0.15, 0.2) is 0 Å². The van der Waals surface area contributed by atoms with E-state index in [0.717, 1.165) is 7.11 Å². The zero-order valence-corrected chi connectivity index (χ0v) is 10.8. The molecule has 0 radical (unpaired) electrons. The number of aliphatic hydroxyl groups is 1. The van der Waals surface area contributed by atoms with Crippen LogP contribution in [-0.4, -0.2) is 43.4 Å². The zero-order valence-electron chi connectivity index (χ0n) is 9.89. The van der Waals surface area contributed by atoms with E-state index in [2.05, 4.69) is 9.84 Å². The van der Waals surface area contributed by atoms with Crippen LogP contribution in [0.3, 0.4) is 0 Å². The van der Waals surface area contributed by atoms with E-state index in [1.54, 1.807) is 0 Å². The molecule has 6 nitrogen and oxygen atoms in total. The van der Waals surface area contributed by atoms with Gasteiger partial charge in [-0.2, -0.15) is 0 Å². The first-order valence-electron chi connectivity index (χ1n) is 5.13. The molecule has 96 valence electrons. The second kappa shape index (κ2) is 4.72. The summed E-state index contributed by atoms with van der Waals surface area (Å²) in [5.41, 5.74) is -0.751. The van der Waals surface area contributed by atoms with E-state index in [9.17, 15) is 9.67 Å². The van der Waals surface area contributed by atoms with Crippen LogP contribution in [0.4, 0.5) is 0 Å². The summed E-state index contributed by atoms with van der Waals surface area (Å²) >= 11 is 0. The monoisotopic (exact) mass is 253 g/mol. The van der Waals surface area contributed by atoms with Gasteiger partial charge in [0.05, 0.1) is 13.2 Å². The van der Waals surface area contributed by atoms with E-state index in [4.69, 9.17) is 9.42 Å².